The van der Waals surface area contributed by atoms with Crippen molar-refractivity contribution in [1.82, 2.24) is 0 Å². The quantitative estimate of drug-likeness (QED) is 0.441. The number of benzene rings is 2. The van der Waals surface area contributed by atoms with E-state index in [9.17, 15) is 4.79 Å². The van der Waals surface area contributed by atoms with Gasteiger partial charge in [0.2, 0.25) is 0 Å². The predicted octanol–water partition coefficient (Wildman–Crippen LogP) is 3.81. The Morgan fingerprint density at radius 2 is 1.89 bits per heavy atom. The molecule has 0 bridgehead atoms. The van der Waals surface area contributed by atoms with Crippen molar-refractivity contribution in [1.29, 1.82) is 0 Å². The molecule has 0 spiro atoms. The van der Waals surface area contributed by atoms with Gasteiger partial charge >= 0.3 is 0 Å². The third-order valence-corrected chi connectivity index (χ3v) is 4.24. The lowest BCUT2D eigenvalue weighted by Crippen LogP contribution is -2.14. The monoisotopic (exact) mass is 285 g/mol. The number of fused-ring (bicyclic) bond motifs is 2. The second kappa shape index (κ2) is 4.95. The molecule has 1 aliphatic rings. The molecule has 0 saturated heterocycles. The lowest BCUT2D eigenvalue weighted by molar-refractivity contribution is 0.101. The fraction of sp³-hybridized carbons (Fsp3) is 0.0714. The van der Waals surface area contributed by atoms with Gasteiger partial charge in [0.05, 0.1) is 16.7 Å². The van der Waals surface area contributed by atoms with E-state index in [0.29, 0.717) is 5.56 Å². The largest absolute Gasteiger partial charge is 0.354 e. The summed E-state index contributed by atoms with van der Waals surface area (Å²) >= 11 is 7.30. The van der Waals surface area contributed by atoms with Crippen LogP contribution in [0.2, 0.25) is 0 Å². The molecule has 2 nitrogen and oxygen atoms in total. The first-order valence-electron chi connectivity index (χ1n) is 5.77. The Morgan fingerprint density at radius 1 is 1.16 bits per heavy atom. The highest BCUT2D eigenvalue weighted by atomic mass is 35.5. The SMILES string of the molecule is [B]C(Cl)C(=O)c1ccc2c(c1)Nc1ccccc1S2. The van der Waals surface area contributed by atoms with Crippen LogP contribution in [0.4, 0.5) is 11.4 Å². The molecule has 2 aromatic carbocycles. The maximum absolute atomic E-state index is 11.8. The number of Topliss-reactive ketones (excluding diaryl/α,β-unsaturated/α-hetero) is 1. The molecule has 1 atom stereocenters. The van der Waals surface area contributed by atoms with Gasteiger partial charge in [-0.05, 0) is 24.3 Å². The minimum Gasteiger partial charge on any atom is -0.354 e. The van der Waals surface area contributed by atoms with Crippen LogP contribution in [-0.2, 0) is 0 Å². The van der Waals surface area contributed by atoms with E-state index in [1.165, 1.54) is 4.90 Å². The van der Waals surface area contributed by atoms with Crippen LogP contribution in [0.25, 0.3) is 0 Å². The average Bonchev–Trinajstić information content (AvgIpc) is 2.43. The van der Waals surface area contributed by atoms with Crippen molar-refractivity contribution < 1.29 is 4.79 Å². The topological polar surface area (TPSA) is 29.1 Å². The summed E-state index contributed by atoms with van der Waals surface area (Å²) in [6.45, 7) is 0. The van der Waals surface area contributed by atoms with Crippen molar-refractivity contribution in [3.05, 3.63) is 48.0 Å². The van der Waals surface area contributed by atoms with Gasteiger partial charge in [0.25, 0.3) is 0 Å². The van der Waals surface area contributed by atoms with Gasteiger partial charge in [-0.3, -0.25) is 4.79 Å². The third-order valence-electron chi connectivity index (χ3n) is 2.89. The number of anilines is 2. The molecule has 0 aromatic heterocycles. The van der Waals surface area contributed by atoms with Gasteiger partial charge in [-0.15, -0.1) is 11.6 Å². The maximum atomic E-state index is 11.8. The molecule has 1 N–H and O–H groups in total. The Kier molecular flexibility index (Phi) is 3.29. The second-order valence-electron chi connectivity index (χ2n) is 4.20. The summed E-state index contributed by atoms with van der Waals surface area (Å²) in [6.07, 6.45) is 0. The second-order valence-corrected chi connectivity index (χ2v) is 5.75. The summed E-state index contributed by atoms with van der Waals surface area (Å²) in [7, 11) is 5.41. The minimum absolute atomic E-state index is 0.268. The molecular weight excluding hydrogens is 276 g/mol. The highest BCUT2D eigenvalue weighted by Gasteiger charge is 2.18. The van der Waals surface area contributed by atoms with Crippen molar-refractivity contribution in [2.45, 2.75) is 15.1 Å². The maximum Gasteiger partial charge on any atom is 0.171 e. The molecule has 1 aliphatic heterocycles. The van der Waals surface area contributed by atoms with Crippen LogP contribution >= 0.6 is 23.4 Å². The van der Waals surface area contributed by atoms with E-state index >= 15 is 0 Å². The average molecular weight is 286 g/mol. The molecule has 1 unspecified atom stereocenters. The van der Waals surface area contributed by atoms with Crippen molar-refractivity contribution in [2.24, 2.45) is 0 Å². The van der Waals surface area contributed by atoms with Gasteiger partial charge in [-0.1, -0.05) is 30.0 Å². The molecular formula is C14H9BClNOS. The molecule has 3 rings (SSSR count). The van der Waals surface area contributed by atoms with E-state index in [0.717, 1.165) is 16.3 Å². The fourth-order valence-electron chi connectivity index (χ4n) is 1.95. The van der Waals surface area contributed by atoms with E-state index in [-0.39, 0.29) is 5.78 Å². The number of ketones is 1. The first-order chi connectivity index (χ1) is 9.15. The molecule has 1 heterocycles. The zero-order valence-electron chi connectivity index (χ0n) is 9.89. The van der Waals surface area contributed by atoms with Crippen LogP contribution < -0.4 is 5.32 Å². The summed E-state index contributed by atoms with van der Waals surface area (Å²) in [5.41, 5.74) is 2.47. The van der Waals surface area contributed by atoms with Crippen LogP contribution in [-0.4, -0.2) is 18.9 Å². The smallest absolute Gasteiger partial charge is 0.171 e. The van der Waals surface area contributed by atoms with Crippen molar-refractivity contribution >= 4 is 48.4 Å². The standard InChI is InChI=1S/C14H9BClNOS/c15-14(16)13(18)8-5-6-12-10(7-8)17-9-3-1-2-4-11(9)19-12/h1-7,14,17H. The first kappa shape index (κ1) is 12.6. The Bertz CT molecular complexity index is 660. The molecule has 19 heavy (non-hydrogen) atoms. The Morgan fingerprint density at radius 3 is 2.68 bits per heavy atom. The molecule has 5 heteroatoms. The highest BCUT2D eigenvalue weighted by Crippen LogP contribution is 2.44. The molecule has 0 fully saturated rings. The van der Waals surface area contributed by atoms with Gasteiger partial charge in [-0.2, -0.15) is 0 Å². The lowest BCUT2D eigenvalue weighted by Gasteiger charge is -2.21. The molecule has 0 saturated carbocycles. The molecule has 92 valence electrons. The van der Waals surface area contributed by atoms with Gasteiger partial charge in [0.1, 0.15) is 7.85 Å². The van der Waals surface area contributed by atoms with Crippen LogP contribution in [0.3, 0.4) is 0 Å². The van der Waals surface area contributed by atoms with Gasteiger partial charge in [0, 0.05) is 15.4 Å². The molecule has 2 aromatic rings. The van der Waals surface area contributed by atoms with E-state index in [1.807, 2.05) is 24.3 Å². The number of rotatable bonds is 2. The van der Waals surface area contributed by atoms with Crippen LogP contribution in [0.5, 0.6) is 0 Å². The lowest BCUT2D eigenvalue weighted by atomic mass is 9.95. The summed E-state index contributed by atoms with van der Waals surface area (Å²) in [5, 5.41) is 2.32. The Balaban J connectivity index is 1.98. The van der Waals surface area contributed by atoms with E-state index in [2.05, 4.69) is 11.4 Å². The number of carbonyl (C=O) groups is 1. The first-order valence-corrected chi connectivity index (χ1v) is 7.02. The number of hydrogen-bond acceptors (Lipinski definition) is 3. The fourth-order valence-corrected chi connectivity index (χ4v) is 3.05. The molecule has 0 aliphatic carbocycles. The zero-order chi connectivity index (χ0) is 13.4. The van der Waals surface area contributed by atoms with Gasteiger partial charge in [-0.25, -0.2) is 0 Å². The molecule has 0 amide bonds. The summed E-state index contributed by atoms with van der Waals surface area (Å²) in [6, 6.07) is 13.5. The van der Waals surface area contributed by atoms with Crippen LogP contribution in [0, 0.1) is 0 Å². The summed E-state index contributed by atoms with van der Waals surface area (Å²) in [4.78, 5) is 14.0. The normalized spacial score (nSPS) is 13.9. The number of hydrogen-bond donors (Lipinski definition) is 1. The number of nitrogens with one attached hydrogen (secondary N) is 1. The Labute approximate surface area is 122 Å². The van der Waals surface area contributed by atoms with Crippen molar-refractivity contribution in [3.63, 3.8) is 0 Å². The zero-order valence-corrected chi connectivity index (χ0v) is 11.5. The van der Waals surface area contributed by atoms with Gasteiger partial charge < -0.3 is 5.32 Å². The van der Waals surface area contributed by atoms with Gasteiger partial charge in [0.15, 0.2) is 5.78 Å². The molecule has 2 radical (unpaired) electrons. The number of para-hydroxylation sites is 1. The van der Waals surface area contributed by atoms with Crippen molar-refractivity contribution in [3.8, 4) is 0 Å². The minimum atomic E-state index is -0.999. The number of halogens is 1. The predicted molar refractivity (Wildman–Crippen MR) is 80.0 cm³/mol. The van der Waals surface area contributed by atoms with E-state index in [1.54, 1.807) is 23.9 Å². The van der Waals surface area contributed by atoms with E-state index < -0.39 is 5.28 Å². The number of carbonyl (C=O) groups excluding carboxylic acids is 1. The van der Waals surface area contributed by atoms with E-state index in [4.69, 9.17) is 19.4 Å². The highest BCUT2D eigenvalue weighted by molar-refractivity contribution is 7.99. The Hall–Kier alpha value is -1.39. The van der Waals surface area contributed by atoms with Crippen LogP contribution in [0.1, 0.15) is 10.4 Å². The summed E-state index contributed by atoms with van der Waals surface area (Å²) in [5.74, 6) is -0.268. The van der Waals surface area contributed by atoms with Crippen molar-refractivity contribution in [2.75, 3.05) is 5.32 Å². The third kappa shape index (κ3) is 2.38. The van der Waals surface area contributed by atoms with Crippen LogP contribution in [0.15, 0.2) is 52.3 Å². The summed E-state index contributed by atoms with van der Waals surface area (Å²) < 4.78 is 0. The number of alkyl halides is 1.